The van der Waals surface area contributed by atoms with Gasteiger partial charge in [0.15, 0.2) is 6.23 Å². The van der Waals surface area contributed by atoms with Gasteiger partial charge in [0, 0.05) is 25.4 Å². The summed E-state index contributed by atoms with van der Waals surface area (Å²) in [4.78, 5) is 7.41. The van der Waals surface area contributed by atoms with Crippen molar-refractivity contribution in [3.63, 3.8) is 0 Å². The van der Waals surface area contributed by atoms with Crippen LogP contribution in [0, 0.1) is 0 Å². The molecule has 4 aromatic rings. The van der Waals surface area contributed by atoms with Crippen LogP contribution in [0.4, 0.5) is 5.82 Å². The summed E-state index contributed by atoms with van der Waals surface area (Å²) in [6.07, 6.45) is 4.89. The number of pyridine rings is 1. The fourth-order valence-electron chi connectivity index (χ4n) is 4.90. The second-order valence-electron chi connectivity index (χ2n) is 9.42. The van der Waals surface area contributed by atoms with E-state index in [9.17, 15) is 0 Å². The first kappa shape index (κ1) is 24.1. The number of nitrogens with zero attached hydrogens (tertiary/aromatic N) is 5. The molecule has 1 unspecified atom stereocenters. The first-order valence-corrected chi connectivity index (χ1v) is 13.5. The Hall–Kier alpha value is -3.21. The third-order valence-corrected chi connectivity index (χ3v) is 7.79. The van der Waals surface area contributed by atoms with E-state index in [0.717, 1.165) is 76.9 Å². The van der Waals surface area contributed by atoms with Crippen LogP contribution < -0.4 is 14.4 Å². The van der Waals surface area contributed by atoms with Gasteiger partial charge in [-0.1, -0.05) is 12.1 Å². The molecule has 5 heterocycles. The first-order chi connectivity index (χ1) is 18.2. The maximum Gasteiger partial charge on any atom is 0.150 e. The maximum absolute atomic E-state index is 6.41. The highest BCUT2D eigenvalue weighted by Gasteiger charge is 2.26. The van der Waals surface area contributed by atoms with Gasteiger partial charge in [-0.2, -0.15) is 9.47 Å². The van der Waals surface area contributed by atoms with E-state index in [0.29, 0.717) is 19.8 Å². The molecule has 194 valence electrons. The normalized spacial score (nSPS) is 20.3. The summed E-state index contributed by atoms with van der Waals surface area (Å²) in [7, 11) is 1.67. The number of hydrogen-bond donors (Lipinski definition) is 0. The minimum Gasteiger partial charge on any atom is -0.497 e. The second-order valence-corrected chi connectivity index (χ2v) is 10.2. The smallest absolute Gasteiger partial charge is 0.150 e. The van der Waals surface area contributed by atoms with Crippen LogP contribution in [0.5, 0.6) is 11.5 Å². The number of rotatable bonds is 7. The Balaban J connectivity index is 1.39. The Kier molecular flexibility index (Phi) is 6.95. The average Bonchev–Trinajstić information content (AvgIpc) is 3.60. The summed E-state index contributed by atoms with van der Waals surface area (Å²) < 4.78 is 31.1. The molecule has 0 bridgehead atoms. The Bertz CT molecular complexity index is 1350. The van der Waals surface area contributed by atoms with Gasteiger partial charge in [-0.3, -0.25) is 0 Å². The highest BCUT2D eigenvalue weighted by atomic mass is 32.1. The number of methoxy groups -OCH3 is 1. The number of benzene rings is 1. The van der Waals surface area contributed by atoms with Crippen molar-refractivity contribution in [1.82, 2.24) is 19.1 Å². The van der Waals surface area contributed by atoms with Crippen LogP contribution in [0.1, 0.15) is 38.0 Å². The Labute approximate surface area is 220 Å². The van der Waals surface area contributed by atoms with E-state index in [1.54, 1.807) is 7.11 Å². The molecule has 6 rings (SSSR count). The predicted molar refractivity (Wildman–Crippen MR) is 142 cm³/mol. The van der Waals surface area contributed by atoms with Gasteiger partial charge in [0.25, 0.3) is 0 Å². The van der Waals surface area contributed by atoms with Crippen molar-refractivity contribution < 1.29 is 18.9 Å². The number of fused-ring (bicyclic) bond motifs is 1. The summed E-state index contributed by atoms with van der Waals surface area (Å²) in [5.74, 6) is 2.47. The van der Waals surface area contributed by atoms with Crippen molar-refractivity contribution in [2.45, 2.75) is 45.1 Å². The minimum absolute atomic E-state index is 0.0799. The van der Waals surface area contributed by atoms with E-state index in [4.69, 9.17) is 28.3 Å². The molecule has 3 aromatic heterocycles. The van der Waals surface area contributed by atoms with Gasteiger partial charge in [0.1, 0.15) is 39.8 Å². The molecule has 2 saturated heterocycles. The van der Waals surface area contributed by atoms with E-state index in [-0.39, 0.29) is 12.3 Å². The van der Waals surface area contributed by atoms with Gasteiger partial charge in [-0.25, -0.2) is 9.67 Å². The van der Waals surface area contributed by atoms with Crippen LogP contribution in [0.25, 0.3) is 21.6 Å². The lowest BCUT2D eigenvalue weighted by Crippen LogP contribution is -2.44. The highest BCUT2D eigenvalue weighted by molar-refractivity contribution is 7.14. The third-order valence-electron chi connectivity index (χ3n) is 6.93. The number of hydrogen-bond acceptors (Lipinski definition) is 9. The summed E-state index contributed by atoms with van der Waals surface area (Å²) >= 11 is 1.41. The summed E-state index contributed by atoms with van der Waals surface area (Å²) in [5.41, 5.74) is 3.61. The topological polar surface area (TPSA) is 83.8 Å². The van der Waals surface area contributed by atoms with Crippen LogP contribution in [-0.2, 0) is 16.1 Å². The van der Waals surface area contributed by atoms with Crippen molar-refractivity contribution >= 4 is 27.6 Å². The predicted octanol–water partition coefficient (Wildman–Crippen LogP) is 5.07. The number of ether oxygens (including phenoxy) is 4. The number of anilines is 1. The molecule has 10 heteroatoms. The lowest BCUT2D eigenvalue weighted by atomic mass is 10.1. The fourth-order valence-corrected chi connectivity index (χ4v) is 5.70. The van der Waals surface area contributed by atoms with E-state index in [2.05, 4.69) is 16.9 Å². The first-order valence-electron chi connectivity index (χ1n) is 12.8. The van der Waals surface area contributed by atoms with Crippen molar-refractivity contribution in [2.75, 3.05) is 38.4 Å². The van der Waals surface area contributed by atoms with Gasteiger partial charge in [-0.15, -0.1) is 0 Å². The van der Waals surface area contributed by atoms with E-state index in [1.807, 2.05) is 47.3 Å². The van der Waals surface area contributed by atoms with E-state index >= 15 is 0 Å². The van der Waals surface area contributed by atoms with Crippen LogP contribution in [0.2, 0.25) is 0 Å². The maximum atomic E-state index is 6.41. The zero-order chi connectivity index (χ0) is 25.2. The molecule has 0 N–H and O–H groups in total. The minimum atomic E-state index is -0.0799. The molecule has 0 amide bonds. The van der Waals surface area contributed by atoms with Crippen LogP contribution in [0.3, 0.4) is 0 Å². The molecule has 2 fully saturated rings. The zero-order valence-corrected chi connectivity index (χ0v) is 21.9. The lowest BCUT2D eigenvalue weighted by Gasteiger charge is -2.34. The van der Waals surface area contributed by atoms with Gasteiger partial charge >= 0.3 is 0 Å². The lowest BCUT2D eigenvalue weighted by molar-refractivity contribution is -0.0383. The van der Waals surface area contributed by atoms with Gasteiger partial charge in [0.05, 0.1) is 32.1 Å². The van der Waals surface area contributed by atoms with Crippen molar-refractivity contribution in [3.8, 4) is 22.9 Å². The number of aromatic nitrogens is 4. The van der Waals surface area contributed by atoms with Crippen LogP contribution in [-0.4, -0.2) is 58.7 Å². The summed E-state index contributed by atoms with van der Waals surface area (Å²) in [6.45, 7) is 5.46. The molecule has 0 aliphatic carbocycles. The van der Waals surface area contributed by atoms with Crippen LogP contribution in [0.15, 0.2) is 42.6 Å². The number of morpholine rings is 1. The van der Waals surface area contributed by atoms with E-state index in [1.165, 1.54) is 11.5 Å². The molecule has 1 aromatic carbocycles. The Morgan fingerprint density at radius 1 is 1.14 bits per heavy atom. The molecule has 2 aliphatic heterocycles. The largest absolute Gasteiger partial charge is 0.497 e. The highest BCUT2D eigenvalue weighted by Crippen LogP contribution is 2.40. The third kappa shape index (κ3) is 4.88. The Morgan fingerprint density at radius 3 is 2.81 bits per heavy atom. The van der Waals surface area contributed by atoms with Gasteiger partial charge in [0.2, 0.25) is 0 Å². The van der Waals surface area contributed by atoms with E-state index < -0.39 is 0 Å². The molecule has 0 radical (unpaired) electrons. The fraction of sp³-hybridized carbons (Fsp3) is 0.444. The van der Waals surface area contributed by atoms with Gasteiger partial charge in [-0.05, 0) is 61.5 Å². The molecular formula is C27H31N5O4S. The second kappa shape index (κ2) is 10.6. The van der Waals surface area contributed by atoms with Crippen molar-refractivity contribution in [2.24, 2.45) is 0 Å². The quantitative estimate of drug-likeness (QED) is 0.334. The standard InChI is InChI=1S/C27H31N5O4S/c1-18-16-34-14-12-31(18)23-15-22(36-17-19-6-8-20(33-2)9-7-19)27-26(29-23)25(30-37-27)21-10-11-28-32(21)24-5-3-4-13-35-24/h6-11,15,18,24H,3-5,12-14,16-17H2,1-2H3/t18-,24?/m1/s1. The molecule has 0 spiro atoms. The molecule has 9 nitrogen and oxygen atoms in total. The molecule has 37 heavy (non-hydrogen) atoms. The zero-order valence-electron chi connectivity index (χ0n) is 21.1. The average molecular weight is 522 g/mol. The molecule has 2 aliphatic rings. The summed E-state index contributed by atoms with van der Waals surface area (Å²) in [6, 6.07) is 12.2. The monoisotopic (exact) mass is 521 g/mol. The SMILES string of the molecule is COc1ccc(COc2cc(N3CCOC[C@H]3C)nc3c(-c4ccnn4C4CCCCO4)nsc23)cc1. The van der Waals surface area contributed by atoms with Gasteiger partial charge < -0.3 is 23.8 Å². The van der Waals surface area contributed by atoms with Crippen molar-refractivity contribution in [3.05, 3.63) is 48.2 Å². The molecule has 0 saturated carbocycles. The summed E-state index contributed by atoms with van der Waals surface area (Å²) in [5, 5.41) is 4.60. The molecular weight excluding hydrogens is 490 g/mol. The van der Waals surface area contributed by atoms with Crippen LogP contribution >= 0.6 is 11.5 Å². The molecule has 2 atom stereocenters. The van der Waals surface area contributed by atoms with Crippen molar-refractivity contribution in [1.29, 1.82) is 0 Å². The Morgan fingerprint density at radius 2 is 2.03 bits per heavy atom.